The standard InChI is InChI=1S/C27H37NO5S.CH4S/c1-16-7-6-11-27(5)24(33-27)15-21(18-8-9-22-19(13-18)28-17(2)34-22)32-25(31)10-12-26(3,4)23(30)14-20(16)29;1-2/h8-9,13,16,20-21,24,29H,6-7,10-12,14-15H2,1-5H3;2H,1H3. The van der Waals surface area contributed by atoms with Crippen molar-refractivity contribution in [3.63, 3.8) is 0 Å². The fourth-order valence-corrected chi connectivity index (χ4v) is 5.73. The van der Waals surface area contributed by atoms with Crippen LogP contribution in [0.4, 0.5) is 0 Å². The van der Waals surface area contributed by atoms with E-state index in [1.165, 1.54) is 0 Å². The number of ketones is 1. The zero-order valence-corrected chi connectivity index (χ0v) is 24.1. The van der Waals surface area contributed by atoms with Crippen molar-refractivity contribution in [2.45, 2.75) is 103 Å². The van der Waals surface area contributed by atoms with Gasteiger partial charge in [-0.05, 0) is 63.0 Å². The Hall–Kier alpha value is -1.48. The summed E-state index contributed by atoms with van der Waals surface area (Å²) in [6.07, 6.45) is 4.52. The molecule has 5 atom stereocenters. The molecule has 1 aromatic carbocycles. The fourth-order valence-electron chi connectivity index (χ4n) is 4.92. The molecule has 2 aromatic rings. The van der Waals surface area contributed by atoms with E-state index < -0.39 is 17.6 Å². The van der Waals surface area contributed by atoms with Gasteiger partial charge in [0.25, 0.3) is 0 Å². The highest BCUT2D eigenvalue weighted by atomic mass is 32.1. The minimum atomic E-state index is -0.693. The number of hydrogen-bond acceptors (Lipinski definition) is 8. The van der Waals surface area contributed by atoms with Crippen molar-refractivity contribution < 1.29 is 24.2 Å². The van der Waals surface area contributed by atoms with Crippen LogP contribution < -0.4 is 0 Å². The molecule has 0 aliphatic carbocycles. The molecular weight excluding hydrogens is 494 g/mol. The third kappa shape index (κ3) is 7.09. The van der Waals surface area contributed by atoms with Gasteiger partial charge in [-0.25, -0.2) is 4.98 Å². The molecule has 6 nitrogen and oxygen atoms in total. The van der Waals surface area contributed by atoms with E-state index in [9.17, 15) is 14.7 Å². The molecule has 8 heteroatoms. The Morgan fingerprint density at radius 2 is 1.89 bits per heavy atom. The molecule has 5 unspecified atom stereocenters. The van der Waals surface area contributed by atoms with Crippen LogP contribution in [0.25, 0.3) is 10.2 Å². The summed E-state index contributed by atoms with van der Waals surface area (Å²) in [7, 11) is 0. The zero-order chi connectivity index (χ0) is 26.7. The van der Waals surface area contributed by atoms with Crippen LogP contribution in [0.2, 0.25) is 0 Å². The van der Waals surface area contributed by atoms with Crippen LogP contribution in [-0.2, 0) is 19.1 Å². The number of epoxide rings is 1. The van der Waals surface area contributed by atoms with Crippen molar-refractivity contribution in [3.8, 4) is 0 Å². The minimum Gasteiger partial charge on any atom is -0.457 e. The van der Waals surface area contributed by atoms with Gasteiger partial charge in [-0.1, -0.05) is 33.3 Å². The quantitative estimate of drug-likeness (QED) is 0.256. The van der Waals surface area contributed by atoms with Crippen molar-refractivity contribution >= 4 is 45.9 Å². The summed E-state index contributed by atoms with van der Waals surface area (Å²) in [5.41, 5.74) is 0.909. The van der Waals surface area contributed by atoms with Gasteiger partial charge < -0.3 is 14.6 Å². The van der Waals surface area contributed by atoms with E-state index in [0.29, 0.717) is 12.8 Å². The van der Waals surface area contributed by atoms with Crippen molar-refractivity contribution in [3.05, 3.63) is 28.8 Å². The number of rotatable bonds is 1. The van der Waals surface area contributed by atoms with E-state index in [0.717, 1.165) is 40.1 Å². The number of nitrogens with zero attached hydrogens (tertiary/aromatic N) is 1. The average molecular weight is 536 g/mol. The first-order chi connectivity index (χ1) is 17.0. The van der Waals surface area contributed by atoms with E-state index in [-0.39, 0.29) is 42.2 Å². The van der Waals surface area contributed by atoms with Crippen LogP contribution >= 0.6 is 24.0 Å². The summed E-state index contributed by atoms with van der Waals surface area (Å²) in [6.45, 7) is 9.80. The molecule has 1 N–H and O–H groups in total. The lowest BCUT2D eigenvalue weighted by molar-refractivity contribution is -0.151. The van der Waals surface area contributed by atoms with E-state index in [1.807, 2.05) is 45.9 Å². The maximum absolute atomic E-state index is 12.9. The monoisotopic (exact) mass is 535 g/mol. The number of aromatic nitrogens is 1. The number of fused-ring (bicyclic) bond motifs is 2. The summed E-state index contributed by atoms with van der Waals surface area (Å²) >= 11 is 5.18. The zero-order valence-electron chi connectivity index (χ0n) is 22.4. The largest absolute Gasteiger partial charge is 0.457 e. The number of hydrogen-bond donors (Lipinski definition) is 2. The number of thiazole rings is 1. The van der Waals surface area contributed by atoms with E-state index in [4.69, 9.17) is 9.47 Å². The molecule has 200 valence electrons. The Balaban J connectivity index is 0.00000176. The Kier molecular flexibility index (Phi) is 9.63. The predicted molar refractivity (Wildman–Crippen MR) is 148 cm³/mol. The normalized spacial score (nSPS) is 31.7. The first-order valence-electron chi connectivity index (χ1n) is 12.9. The van der Waals surface area contributed by atoms with Crippen LogP contribution in [0.3, 0.4) is 0 Å². The lowest BCUT2D eigenvalue weighted by atomic mass is 9.79. The molecular formula is C28H41NO5S2. The molecule has 2 fully saturated rings. The lowest BCUT2D eigenvalue weighted by Crippen LogP contribution is -2.31. The highest BCUT2D eigenvalue weighted by Crippen LogP contribution is 2.46. The Bertz CT molecular complexity index is 1070. The van der Waals surface area contributed by atoms with Gasteiger partial charge in [0.2, 0.25) is 0 Å². The first-order valence-corrected chi connectivity index (χ1v) is 14.6. The van der Waals surface area contributed by atoms with Gasteiger partial charge in [-0.3, -0.25) is 9.59 Å². The van der Waals surface area contributed by atoms with Crippen LogP contribution in [0, 0.1) is 18.3 Å². The third-order valence-corrected chi connectivity index (χ3v) is 8.67. The number of Topliss-reactive ketones (excluding diaryl/α,β-unsaturated/α-hetero) is 1. The molecule has 0 bridgehead atoms. The molecule has 2 aliphatic rings. The second-order valence-electron chi connectivity index (χ2n) is 11.0. The smallest absolute Gasteiger partial charge is 0.306 e. The molecule has 0 saturated carbocycles. The summed E-state index contributed by atoms with van der Waals surface area (Å²) in [5, 5.41) is 11.6. The molecule has 2 saturated heterocycles. The highest BCUT2D eigenvalue weighted by molar-refractivity contribution is 7.79. The number of benzene rings is 1. The van der Waals surface area contributed by atoms with Gasteiger partial charge in [0, 0.05) is 24.7 Å². The molecule has 2 aliphatic heterocycles. The molecule has 1 aromatic heterocycles. The van der Waals surface area contributed by atoms with Crippen LogP contribution in [-0.4, -0.2) is 45.9 Å². The summed E-state index contributed by atoms with van der Waals surface area (Å²) in [4.78, 5) is 30.4. The van der Waals surface area contributed by atoms with Crippen LogP contribution in [0.1, 0.15) is 89.3 Å². The average Bonchev–Trinajstić information content (AvgIpc) is 3.30. The second kappa shape index (κ2) is 11.9. The predicted octanol–water partition coefficient (Wildman–Crippen LogP) is 6.23. The Morgan fingerprint density at radius 3 is 2.61 bits per heavy atom. The molecule has 0 amide bonds. The number of esters is 1. The van der Waals surface area contributed by atoms with E-state index >= 15 is 0 Å². The SMILES string of the molecule is CS.Cc1nc2cc(C3CC4OC4(C)CCCC(C)C(O)CC(=O)C(C)(C)CCC(=O)O3)ccc2s1. The number of ether oxygens (including phenoxy) is 2. The minimum absolute atomic E-state index is 0.00907. The van der Waals surface area contributed by atoms with Gasteiger partial charge in [0.15, 0.2) is 0 Å². The maximum Gasteiger partial charge on any atom is 0.306 e. The van der Waals surface area contributed by atoms with Crippen LogP contribution in [0.15, 0.2) is 18.2 Å². The number of cyclic esters (lactones) is 1. The number of aryl methyl sites for hydroxylation is 1. The number of aliphatic hydroxyl groups excluding tert-OH is 1. The van der Waals surface area contributed by atoms with Crippen molar-refractivity contribution in [1.29, 1.82) is 0 Å². The second-order valence-corrected chi connectivity index (χ2v) is 12.3. The van der Waals surface area contributed by atoms with E-state index in [2.05, 4.69) is 24.5 Å². The number of thiol groups is 1. The summed E-state index contributed by atoms with van der Waals surface area (Å²) in [5.74, 6) is -0.284. The van der Waals surface area contributed by atoms with Gasteiger partial charge in [-0.2, -0.15) is 12.6 Å². The van der Waals surface area contributed by atoms with Gasteiger partial charge in [0.05, 0.1) is 33.0 Å². The molecule has 3 heterocycles. The first kappa shape index (κ1) is 29.1. The molecule has 36 heavy (non-hydrogen) atoms. The third-order valence-electron chi connectivity index (χ3n) is 7.72. The number of carbonyl (C=O) groups is 2. The van der Waals surface area contributed by atoms with Gasteiger partial charge in [-0.15, -0.1) is 11.3 Å². The molecule has 4 rings (SSSR count). The van der Waals surface area contributed by atoms with Gasteiger partial charge in [0.1, 0.15) is 11.9 Å². The summed E-state index contributed by atoms with van der Waals surface area (Å²) < 4.78 is 13.2. The maximum atomic E-state index is 12.9. The highest BCUT2D eigenvalue weighted by Gasteiger charge is 2.52. The number of aliphatic hydroxyl groups is 1. The fraction of sp³-hybridized carbons (Fsp3) is 0.679. The topological polar surface area (TPSA) is 89.0 Å². The number of carbonyl (C=O) groups excluding carboxylic acids is 2. The Labute approximate surface area is 224 Å². The van der Waals surface area contributed by atoms with Crippen molar-refractivity contribution in [2.75, 3.05) is 6.26 Å². The molecule has 0 spiro atoms. The van der Waals surface area contributed by atoms with E-state index in [1.54, 1.807) is 17.6 Å². The Morgan fingerprint density at radius 1 is 1.17 bits per heavy atom. The van der Waals surface area contributed by atoms with Gasteiger partial charge >= 0.3 is 5.97 Å². The van der Waals surface area contributed by atoms with Crippen molar-refractivity contribution in [2.24, 2.45) is 11.3 Å². The van der Waals surface area contributed by atoms with Crippen LogP contribution in [0.5, 0.6) is 0 Å². The summed E-state index contributed by atoms with van der Waals surface area (Å²) in [6, 6.07) is 6.08. The lowest BCUT2D eigenvalue weighted by Gasteiger charge is -2.27. The van der Waals surface area contributed by atoms with Crippen molar-refractivity contribution in [1.82, 2.24) is 4.98 Å². The molecule has 0 radical (unpaired) electrons.